The number of hydrogen-bond acceptors (Lipinski definition) is 2. The summed E-state index contributed by atoms with van der Waals surface area (Å²) in [6.07, 6.45) is 8.00. The van der Waals surface area contributed by atoms with Crippen molar-refractivity contribution in [2.45, 2.75) is 58.9 Å². The minimum absolute atomic E-state index is 0.390. The van der Waals surface area contributed by atoms with Gasteiger partial charge in [0.25, 0.3) is 0 Å². The zero-order chi connectivity index (χ0) is 15.4. The average Bonchev–Trinajstić information content (AvgIpc) is 2.88. The molecule has 114 valence electrons. The van der Waals surface area contributed by atoms with Crippen LogP contribution >= 0.6 is 11.6 Å². The second kappa shape index (κ2) is 7.08. The van der Waals surface area contributed by atoms with Crippen molar-refractivity contribution in [3.8, 4) is 0 Å². The van der Waals surface area contributed by atoms with Crippen LogP contribution in [0.15, 0.2) is 12.3 Å². The van der Waals surface area contributed by atoms with Gasteiger partial charge in [-0.1, -0.05) is 38.3 Å². The summed E-state index contributed by atoms with van der Waals surface area (Å²) in [6.45, 7) is 6.34. The van der Waals surface area contributed by atoms with Gasteiger partial charge in [0.2, 0.25) is 0 Å². The molecule has 0 fully saturated rings. The Kier molecular flexibility index (Phi) is 5.40. The van der Waals surface area contributed by atoms with Gasteiger partial charge in [0, 0.05) is 35.3 Å². The second-order valence-corrected chi connectivity index (χ2v) is 5.91. The molecule has 4 heteroatoms. The van der Waals surface area contributed by atoms with Gasteiger partial charge in [-0.3, -0.25) is 0 Å². The van der Waals surface area contributed by atoms with Crippen LogP contribution < -0.4 is 0 Å². The number of aldehydes is 1. The second-order valence-electron chi connectivity index (χ2n) is 5.55. The minimum Gasteiger partial charge on any atom is -0.344 e. The van der Waals surface area contributed by atoms with Gasteiger partial charge in [0.15, 0.2) is 0 Å². The van der Waals surface area contributed by atoms with E-state index in [2.05, 4.69) is 29.6 Å². The number of rotatable bonds is 7. The maximum atomic E-state index is 11.0. The first kappa shape index (κ1) is 16.0. The Labute approximate surface area is 131 Å². The van der Waals surface area contributed by atoms with Crippen molar-refractivity contribution < 1.29 is 4.79 Å². The fourth-order valence-corrected chi connectivity index (χ4v) is 3.38. The molecule has 0 radical (unpaired) electrons. The van der Waals surface area contributed by atoms with Crippen molar-refractivity contribution >= 4 is 28.8 Å². The van der Waals surface area contributed by atoms with Gasteiger partial charge in [-0.05, 0) is 25.8 Å². The molecule has 0 aliphatic carbocycles. The SMILES string of the molecule is CCCC(CCC)n1ccc2c(Cl)nc(C)c(CC=O)c21. The van der Waals surface area contributed by atoms with E-state index in [1.165, 1.54) is 0 Å². The predicted octanol–water partition coefficient (Wildman–Crippen LogP) is 4.88. The molecule has 2 aromatic rings. The van der Waals surface area contributed by atoms with Crippen LogP contribution in [0.1, 0.15) is 56.8 Å². The average molecular weight is 307 g/mol. The Bertz CT molecular complexity index is 627. The zero-order valence-corrected chi connectivity index (χ0v) is 13.8. The molecule has 0 saturated heterocycles. The fraction of sp³-hybridized carbons (Fsp3) is 0.529. The number of hydrogen-bond donors (Lipinski definition) is 0. The molecule has 0 aliphatic heterocycles. The first-order valence-electron chi connectivity index (χ1n) is 7.73. The fourth-order valence-electron chi connectivity index (χ4n) is 3.10. The van der Waals surface area contributed by atoms with Crippen LogP contribution in [-0.2, 0) is 11.2 Å². The van der Waals surface area contributed by atoms with Gasteiger partial charge in [-0.2, -0.15) is 0 Å². The van der Waals surface area contributed by atoms with Gasteiger partial charge in [0.1, 0.15) is 11.4 Å². The predicted molar refractivity (Wildman–Crippen MR) is 88.1 cm³/mol. The maximum absolute atomic E-state index is 11.0. The summed E-state index contributed by atoms with van der Waals surface area (Å²) in [5, 5.41) is 1.49. The van der Waals surface area contributed by atoms with Crippen molar-refractivity contribution in [2.24, 2.45) is 0 Å². The molecule has 0 aliphatic rings. The van der Waals surface area contributed by atoms with Crippen LogP contribution in [0.4, 0.5) is 0 Å². The number of halogens is 1. The van der Waals surface area contributed by atoms with E-state index in [1.807, 2.05) is 13.0 Å². The number of aryl methyl sites for hydroxylation is 1. The Morgan fingerprint density at radius 2 is 2.00 bits per heavy atom. The van der Waals surface area contributed by atoms with E-state index in [1.54, 1.807) is 0 Å². The van der Waals surface area contributed by atoms with Crippen LogP contribution in [0.5, 0.6) is 0 Å². The summed E-state index contributed by atoms with van der Waals surface area (Å²) in [6, 6.07) is 2.48. The highest BCUT2D eigenvalue weighted by Crippen LogP contribution is 2.33. The van der Waals surface area contributed by atoms with E-state index >= 15 is 0 Å². The highest BCUT2D eigenvalue weighted by Gasteiger charge is 2.18. The van der Waals surface area contributed by atoms with Crippen LogP contribution in [-0.4, -0.2) is 15.8 Å². The summed E-state index contributed by atoms with van der Waals surface area (Å²) < 4.78 is 2.31. The lowest BCUT2D eigenvalue weighted by atomic mass is 10.0. The lowest BCUT2D eigenvalue weighted by molar-refractivity contribution is -0.107. The molecule has 21 heavy (non-hydrogen) atoms. The molecular formula is C17H23ClN2O. The molecule has 3 nitrogen and oxygen atoms in total. The Morgan fingerprint density at radius 1 is 1.33 bits per heavy atom. The molecule has 0 atom stereocenters. The third-order valence-corrected chi connectivity index (χ3v) is 4.34. The third kappa shape index (κ3) is 3.13. The van der Waals surface area contributed by atoms with Crippen molar-refractivity contribution in [3.05, 3.63) is 28.7 Å². The summed E-state index contributed by atoms with van der Waals surface area (Å²) >= 11 is 6.29. The monoisotopic (exact) mass is 306 g/mol. The van der Waals surface area contributed by atoms with E-state index < -0.39 is 0 Å². The number of pyridine rings is 1. The van der Waals surface area contributed by atoms with Crippen LogP contribution in [0.2, 0.25) is 5.15 Å². The molecule has 0 aromatic carbocycles. The van der Waals surface area contributed by atoms with E-state index in [9.17, 15) is 4.79 Å². The molecule has 0 unspecified atom stereocenters. The molecule has 2 rings (SSSR count). The highest BCUT2D eigenvalue weighted by atomic mass is 35.5. The molecule has 0 amide bonds. The quantitative estimate of drug-likeness (QED) is 0.539. The first-order valence-corrected chi connectivity index (χ1v) is 8.10. The van der Waals surface area contributed by atoms with Gasteiger partial charge in [0.05, 0.1) is 5.52 Å². The molecule has 2 heterocycles. The van der Waals surface area contributed by atoms with Crippen LogP contribution in [0.3, 0.4) is 0 Å². The number of aromatic nitrogens is 2. The highest BCUT2D eigenvalue weighted by molar-refractivity contribution is 6.34. The number of carbonyl (C=O) groups excluding carboxylic acids is 1. The number of nitrogens with zero attached hydrogens (tertiary/aromatic N) is 2. The van der Waals surface area contributed by atoms with Crippen LogP contribution in [0.25, 0.3) is 10.9 Å². The van der Waals surface area contributed by atoms with Crippen molar-refractivity contribution in [3.63, 3.8) is 0 Å². The van der Waals surface area contributed by atoms with Crippen molar-refractivity contribution in [2.75, 3.05) is 0 Å². The summed E-state index contributed by atoms with van der Waals surface area (Å²) in [5.41, 5.74) is 2.95. The first-order chi connectivity index (χ1) is 10.1. The molecular weight excluding hydrogens is 284 g/mol. The Morgan fingerprint density at radius 3 is 2.57 bits per heavy atom. The third-order valence-electron chi connectivity index (χ3n) is 4.05. The molecule has 0 saturated carbocycles. The lowest BCUT2D eigenvalue weighted by Gasteiger charge is -2.21. The number of fused-ring (bicyclic) bond motifs is 1. The van der Waals surface area contributed by atoms with Gasteiger partial charge < -0.3 is 9.36 Å². The smallest absolute Gasteiger partial charge is 0.138 e. The maximum Gasteiger partial charge on any atom is 0.138 e. The Hall–Kier alpha value is -1.35. The molecule has 0 N–H and O–H groups in total. The van der Waals surface area contributed by atoms with Gasteiger partial charge in [-0.25, -0.2) is 4.98 Å². The van der Waals surface area contributed by atoms with E-state index in [0.29, 0.717) is 17.6 Å². The van der Waals surface area contributed by atoms with Gasteiger partial charge in [-0.15, -0.1) is 0 Å². The molecule has 0 bridgehead atoms. The molecule has 0 spiro atoms. The van der Waals surface area contributed by atoms with Crippen LogP contribution in [0, 0.1) is 6.92 Å². The minimum atomic E-state index is 0.390. The normalized spacial score (nSPS) is 11.5. The van der Waals surface area contributed by atoms with Crippen molar-refractivity contribution in [1.82, 2.24) is 9.55 Å². The summed E-state index contributed by atoms with van der Waals surface area (Å²) in [4.78, 5) is 15.4. The summed E-state index contributed by atoms with van der Waals surface area (Å²) in [7, 11) is 0. The topological polar surface area (TPSA) is 34.9 Å². The molecule has 2 aromatic heterocycles. The Balaban J connectivity index is 2.65. The van der Waals surface area contributed by atoms with Crippen molar-refractivity contribution in [1.29, 1.82) is 0 Å². The zero-order valence-electron chi connectivity index (χ0n) is 13.0. The summed E-state index contributed by atoms with van der Waals surface area (Å²) in [5.74, 6) is 0. The largest absolute Gasteiger partial charge is 0.344 e. The van der Waals surface area contributed by atoms with E-state index in [-0.39, 0.29) is 0 Å². The standard InChI is InChI=1S/C17H23ClN2O/c1-4-6-13(7-5-2)20-10-8-15-16(20)14(9-11-21)12(3)19-17(15)18/h8,10-11,13H,4-7,9H2,1-3H3. The van der Waals surface area contributed by atoms with E-state index in [0.717, 1.165) is 54.1 Å². The lowest BCUT2D eigenvalue weighted by Crippen LogP contribution is -2.10. The number of carbonyl (C=O) groups is 1. The van der Waals surface area contributed by atoms with Gasteiger partial charge >= 0.3 is 0 Å². The van der Waals surface area contributed by atoms with E-state index in [4.69, 9.17) is 11.6 Å².